The van der Waals surface area contributed by atoms with Crippen molar-refractivity contribution in [2.45, 2.75) is 43.3 Å². The summed E-state index contributed by atoms with van der Waals surface area (Å²) in [5.74, 6) is -0.0791. The lowest BCUT2D eigenvalue weighted by Gasteiger charge is -2.12. The molecule has 2 N–H and O–H groups in total. The minimum Gasteiger partial charge on any atom is -0.326 e. The van der Waals surface area contributed by atoms with Crippen LogP contribution in [-0.2, 0) is 9.59 Å². The fourth-order valence-electron chi connectivity index (χ4n) is 2.54. The van der Waals surface area contributed by atoms with Crippen molar-refractivity contribution in [2.75, 3.05) is 10.6 Å². The largest absolute Gasteiger partial charge is 0.326 e. The van der Waals surface area contributed by atoms with Gasteiger partial charge in [0, 0.05) is 22.4 Å². The molecule has 0 aliphatic heterocycles. The number of hydrogen-bond donors (Lipinski definition) is 2. The molecule has 0 aliphatic rings. The van der Waals surface area contributed by atoms with E-state index in [1.807, 2.05) is 54.1 Å². The number of thiazole rings is 1. The highest BCUT2D eigenvalue weighted by Gasteiger charge is 2.17. The highest BCUT2D eigenvalue weighted by molar-refractivity contribution is 8.00. The van der Waals surface area contributed by atoms with E-state index in [9.17, 15) is 9.59 Å². The van der Waals surface area contributed by atoms with E-state index >= 15 is 0 Å². The highest BCUT2D eigenvalue weighted by atomic mass is 32.2. The molecular formula is C21H23N3O2S3. The zero-order valence-corrected chi connectivity index (χ0v) is 18.8. The second-order valence-electron chi connectivity index (χ2n) is 6.44. The Hall–Kier alpha value is -2.16. The molecule has 3 rings (SSSR count). The lowest BCUT2D eigenvalue weighted by Crippen LogP contribution is -2.22. The summed E-state index contributed by atoms with van der Waals surface area (Å²) in [5.41, 5.74) is 1.64. The number of amides is 2. The molecule has 1 unspecified atom stereocenters. The lowest BCUT2D eigenvalue weighted by atomic mass is 10.2. The van der Waals surface area contributed by atoms with Crippen molar-refractivity contribution in [1.29, 1.82) is 0 Å². The van der Waals surface area contributed by atoms with Gasteiger partial charge < -0.3 is 10.6 Å². The predicted octanol–water partition coefficient (Wildman–Crippen LogP) is 6.12. The Morgan fingerprint density at radius 3 is 2.79 bits per heavy atom. The summed E-state index contributed by atoms with van der Waals surface area (Å²) in [6, 6.07) is 11.6. The van der Waals surface area contributed by atoms with Gasteiger partial charge >= 0.3 is 0 Å². The van der Waals surface area contributed by atoms with Gasteiger partial charge in [-0.3, -0.25) is 9.59 Å². The fourth-order valence-corrected chi connectivity index (χ4v) is 4.94. The number of benzene rings is 1. The first-order chi connectivity index (χ1) is 14.0. The van der Waals surface area contributed by atoms with Crippen molar-refractivity contribution in [2.24, 2.45) is 0 Å². The number of thiophene rings is 1. The van der Waals surface area contributed by atoms with Crippen LogP contribution in [0.4, 0.5) is 10.8 Å². The maximum Gasteiger partial charge on any atom is 0.239 e. The van der Waals surface area contributed by atoms with Crippen LogP contribution in [0, 0.1) is 0 Å². The quantitative estimate of drug-likeness (QED) is 0.389. The molecular weight excluding hydrogens is 422 g/mol. The average molecular weight is 446 g/mol. The Morgan fingerprint density at radius 2 is 2.03 bits per heavy atom. The van der Waals surface area contributed by atoms with E-state index in [-0.39, 0.29) is 17.1 Å². The van der Waals surface area contributed by atoms with Crippen LogP contribution in [0.2, 0.25) is 0 Å². The number of aromatic nitrogens is 1. The SMILES string of the molecule is CCCCC(=O)Nc1cccc(SC(C)C(=O)Nc2nc(-c3cccs3)cs2)c1. The van der Waals surface area contributed by atoms with Gasteiger partial charge in [0.25, 0.3) is 0 Å². The highest BCUT2D eigenvalue weighted by Crippen LogP contribution is 2.30. The summed E-state index contributed by atoms with van der Waals surface area (Å²) in [4.78, 5) is 31.0. The van der Waals surface area contributed by atoms with Gasteiger partial charge in [-0.1, -0.05) is 25.5 Å². The van der Waals surface area contributed by atoms with Crippen LogP contribution < -0.4 is 10.6 Å². The Labute approximate surface area is 183 Å². The summed E-state index contributed by atoms with van der Waals surface area (Å²) in [6.07, 6.45) is 2.39. The van der Waals surface area contributed by atoms with Crippen molar-refractivity contribution < 1.29 is 9.59 Å². The van der Waals surface area contributed by atoms with Gasteiger partial charge in [-0.25, -0.2) is 4.98 Å². The molecule has 3 aromatic rings. The Bertz CT molecular complexity index is 954. The van der Waals surface area contributed by atoms with Crippen molar-refractivity contribution in [3.05, 3.63) is 47.2 Å². The molecule has 0 spiro atoms. The minimum atomic E-state index is -0.296. The molecule has 5 nitrogen and oxygen atoms in total. The number of carbonyl (C=O) groups excluding carboxylic acids is 2. The Morgan fingerprint density at radius 1 is 1.17 bits per heavy atom. The summed E-state index contributed by atoms with van der Waals surface area (Å²) in [7, 11) is 0. The molecule has 2 heterocycles. The van der Waals surface area contributed by atoms with Crippen LogP contribution in [0.5, 0.6) is 0 Å². The third kappa shape index (κ3) is 6.42. The predicted molar refractivity (Wildman–Crippen MR) is 124 cm³/mol. The molecule has 0 saturated heterocycles. The molecule has 1 aromatic carbocycles. The molecule has 29 heavy (non-hydrogen) atoms. The van der Waals surface area contributed by atoms with Crippen LogP contribution in [-0.4, -0.2) is 22.0 Å². The average Bonchev–Trinajstić information content (AvgIpc) is 3.38. The van der Waals surface area contributed by atoms with Crippen LogP contribution >= 0.6 is 34.4 Å². The first-order valence-corrected chi connectivity index (χ1v) is 12.1. The zero-order chi connectivity index (χ0) is 20.6. The fraction of sp³-hybridized carbons (Fsp3) is 0.286. The van der Waals surface area contributed by atoms with Gasteiger partial charge in [0.1, 0.15) is 0 Å². The van der Waals surface area contributed by atoms with Gasteiger partial charge in [0.05, 0.1) is 15.8 Å². The van der Waals surface area contributed by atoms with Crippen molar-refractivity contribution in [1.82, 2.24) is 4.98 Å². The summed E-state index contributed by atoms with van der Waals surface area (Å²) in [6.45, 7) is 3.92. The van der Waals surface area contributed by atoms with E-state index in [1.165, 1.54) is 23.1 Å². The molecule has 152 valence electrons. The molecule has 0 aliphatic carbocycles. The number of unbranched alkanes of at least 4 members (excludes halogenated alkanes) is 1. The lowest BCUT2D eigenvalue weighted by molar-refractivity contribution is -0.116. The molecule has 0 radical (unpaired) electrons. The van der Waals surface area contributed by atoms with Crippen LogP contribution in [0.15, 0.2) is 52.1 Å². The number of nitrogens with zero attached hydrogens (tertiary/aromatic N) is 1. The molecule has 0 bridgehead atoms. The number of nitrogens with one attached hydrogen (secondary N) is 2. The number of thioether (sulfide) groups is 1. The normalized spacial score (nSPS) is 11.8. The topological polar surface area (TPSA) is 71.1 Å². The van der Waals surface area contributed by atoms with Gasteiger partial charge in [-0.2, -0.15) is 0 Å². The summed E-state index contributed by atoms with van der Waals surface area (Å²) < 4.78 is 0. The number of carbonyl (C=O) groups is 2. The third-order valence-corrected chi connectivity index (χ3v) is 6.81. The Kier molecular flexibility index (Phi) is 7.85. The Balaban J connectivity index is 1.55. The van der Waals surface area contributed by atoms with Crippen LogP contribution in [0.1, 0.15) is 33.1 Å². The van der Waals surface area contributed by atoms with Gasteiger partial charge in [-0.15, -0.1) is 34.4 Å². The second-order valence-corrected chi connectivity index (χ2v) is 9.66. The van der Waals surface area contributed by atoms with Crippen molar-refractivity contribution in [3.8, 4) is 10.6 Å². The van der Waals surface area contributed by atoms with E-state index in [0.29, 0.717) is 11.6 Å². The van der Waals surface area contributed by atoms with Crippen molar-refractivity contribution >= 4 is 57.1 Å². The van der Waals surface area contributed by atoms with E-state index < -0.39 is 0 Å². The molecule has 1 atom stereocenters. The zero-order valence-electron chi connectivity index (χ0n) is 16.3. The summed E-state index contributed by atoms with van der Waals surface area (Å²) in [5, 5.41) is 10.1. The number of rotatable bonds is 9. The number of anilines is 2. The first-order valence-electron chi connectivity index (χ1n) is 9.42. The van der Waals surface area contributed by atoms with E-state index in [1.54, 1.807) is 11.3 Å². The number of hydrogen-bond acceptors (Lipinski definition) is 6. The molecule has 0 saturated carbocycles. The van der Waals surface area contributed by atoms with E-state index in [4.69, 9.17) is 0 Å². The van der Waals surface area contributed by atoms with E-state index in [0.717, 1.165) is 34.0 Å². The maximum absolute atomic E-state index is 12.6. The van der Waals surface area contributed by atoms with Crippen LogP contribution in [0.3, 0.4) is 0 Å². The van der Waals surface area contributed by atoms with Gasteiger partial charge in [-0.05, 0) is 43.0 Å². The third-order valence-electron chi connectivity index (χ3n) is 4.07. The first kappa shape index (κ1) is 21.5. The maximum atomic E-state index is 12.6. The van der Waals surface area contributed by atoms with Crippen molar-refractivity contribution in [3.63, 3.8) is 0 Å². The van der Waals surface area contributed by atoms with Gasteiger partial charge in [0.2, 0.25) is 11.8 Å². The molecule has 8 heteroatoms. The minimum absolute atomic E-state index is 0.0186. The van der Waals surface area contributed by atoms with Gasteiger partial charge in [0.15, 0.2) is 5.13 Å². The standard InChI is InChI=1S/C21H23N3O2S3/c1-3-4-10-19(25)22-15-7-5-8-16(12-15)29-14(2)20(26)24-21-23-17(13-28-21)18-9-6-11-27-18/h5-9,11-14H,3-4,10H2,1-2H3,(H,22,25)(H,23,24,26). The molecule has 2 amide bonds. The molecule has 0 fully saturated rings. The molecule has 2 aromatic heterocycles. The van der Waals surface area contributed by atoms with Crippen LogP contribution in [0.25, 0.3) is 10.6 Å². The monoisotopic (exact) mass is 445 g/mol. The smallest absolute Gasteiger partial charge is 0.239 e. The summed E-state index contributed by atoms with van der Waals surface area (Å²) >= 11 is 4.50. The second kappa shape index (κ2) is 10.6. The van der Waals surface area contributed by atoms with E-state index in [2.05, 4.69) is 22.5 Å².